The molecule has 1 aliphatic heterocycles. The lowest BCUT2D eigenvalue weighted by molar-refractivity contribution is -0.274. The molecule has 0 saturated carbocycles. The van der Waals surface area contributed by atoms with Crippen LogP contribution in [0.3, 0.4) is 0 Å². The number of rotatable bonds is 12. The highest BCUT2D eigenvalue weighted by Crippen LogP contribution is 2.46. The van der Waals surface area contributed by atoms with Crippen LogP contribution in [0.15, 0.2) is 114 Å². The molecule has 2 N–H and O–H groups in total. The zero-order valence-corrected chi connectivity index (χ0v) is 24.9. The largest absolute Gasteiger partial charge is 0.573 e. The number of hydrogen-bond acceptors (Lipinski definition) is 6. The van der Waals surface area contributed by atoms with E-state index in [9.17, 15) is 27.9 Å². The van der Waals surface area contributed by atoms with Crippen molar-refractivity contribution in [2.45, 2.75) is 49.9 Å². The number of aliphatic hydroxyl groups is 1. The molecule has 0 radical (unpaired) electrons. The van der Waals surface area contributed by atoms with Crippen molar-refractivity contribution >= 4 is 12.0 Å². The summed E-state index contributed by atoms with van der Waals surface area (Å²) in [4.78, 5) is 29.4. The molecule has 46 heavy (non-hydrogen) atoms. The molecule has 0 aromatic heterocycles. The molecule has 1 heterocycles. The third-order valence-corrected chi connectivity index (χ3v) is 8.29. The normalized spacial score (nSPS) is 18.0. The molecular weight excluding hydrogens is 595 g/mol. The molecule has 10 heteroatoms. The maximum atomic E-state index is 12.8. The lowest BCUT2D eigenvalue weighted by Gasteiger charge is -2.38. The van der Waals surface area contributed by atoms with Gasteiger partial charge in [0.1, 0.15) is 5.75 Å². The molecule has 1 amide bonds. The Morgan fingerprint density at radius 1 is 0.957 bits per heavy atom. The van der Waals surface area contributed by atoms with Gasteiger partial charge < -0.3 is 15.2 Å². The average molecular weight is 630 g/mol. The number of halogens is 3. The first kappa shape index (κ1) is 32.8. The highest BCUT2D eigenvalue weighted by atomic mass is 19.4. The van der Waals surface area contributed by atoms with E-state index in [1.165, 1.54) is 24.3 Å². The smallest absolute Gasteiger partial charge is 0.406 e. The van der Waals surface area contributed by atoms with Crippen molar-refractivity contribution in [2.75, 3.05) is 13.1 Å². The zero-order valence-electron chi connectivity index (χ0n) is 24.9. The van der Waals surface area contributed by atoms with Crippen molar-refractivity contribution in [3.63, 3.8) is 0 Å². The molecule has 4 atom stereocenters. The monoisotopic (exact) mass is 629 g/mol. The third-order valence-electron chi connectivity index (χ3n) is 8.29. The molecule has 5 rings (SSSR count). The molecule has 0 spiro atoms. The number of nitrogens with zero attached hydrogens (tertiary/aromatic N) is 2. The van der Waals surface area contributed by atoms with Gasteiger partial charge in [-0.25, -0.2) is 4.79 Å². The van der Waals surface area contributed by atoms with E-state index in [4.69, 9.17) is 0 Å². The van der Waals surface area contributed by atoms with Crippen LogP contribution in [0.1, 0.15) is 51.0 Å². The van der Waals surface area contributed by atoms with Crippen LogP contribution in [0, 0.1) is 0 Å². The average Bonchev–Trinajstić information content (AvgIpc) is 3.49. The van der Waals surface area contributed by atoms with Gasteiger partial charge in [-0.1, -0.05) is 91.0 Å². The Kier molecular flexibility index (Phi) is 10.8. The van der Waals surface area contributed by atoms with Gasteiger partial charge in [0.15, 0.2) is 0 Å². The van der Waals surface area contributed by atoms with Crippen LogP contribution in [-0.4, -0.2) is 53.6 Å². The third kappa shape index (κ3) is 8.35. The summed E-state index contributed by atoms with van der Waals surface area (Å²) in [6.07, 6.45) is -3.07. The maximum absolute atomic E-state index is 12.8. The summed E-state index contributed by atoms with van der Waals surface area (Å²) in [5.74, 6) is -1.09. The summed E-state index contributed by atoms with van der Waals surface area (Å²) in [5.41, 5.74) is 3.75. The molecule has 1 saturated heterocycles. The Balaban J connectivity index is 1.43. The van der Waals surface area contributed by atoms with E-state index in [0.29, 0.717) is 30.5 Å². The number of carbonyl (C=O) groups excluding carboxylic acids is 2. The second kappa shape index (κ2) is 15.1. The standard InChI is InChI=1S/C36H34F3N3O4/c37-36(38,39)46-28-15-9-12-26(20-28)22-40-23-33(44)32(21-25-10-3-1-4-11-25)42-19-18-30(34(42)27-13-5-2-6-14-27)29-16-7-8-17-31(29)35(45)41-24-43/h1-17,20,30,32-34,40,44H,18-19,21-23H2/t30?,32-,33+,34?/m0/s1. The number of hydrogen-bond donors (Lipinski definition) is 2. The van der Waals surface area contributed by atoms with Gasteiger partial charge in [-0.15, -0.1) is 18.2 Å². The summed E-state index contributed by atoms with van der Waals surface area (Å²) in [6.45, 7) is 1.02. The number of carbonyl (C=O) groups is 1. The SMILES string of the molecule is O=C=NC(=O)c1ccccc1C1CCN([C@@H](Cc2ccccc2)[C@H](O)CNCc2cccc(OC(F)(F)F)c2)C1c1ccccc1. The Morgan fingerprint density at radius 2 is 1.63 bits per heavy atom. The first-order valence-corrected chi connectivity index (χ1v) is 15.0. The number of ether oxygens (including phenoxy) is 1. The van der Waals surface area contributed by atoms with Gasteiger partial charge in [0.2, 0.25) is 6.08 Å². The highest BCUT2D eigenvalue weighted by Gasteiger charge is 2.42. The van der Waals surface area contributed by atoms with E-state index in [2.05, 4.69) is 19.9 Å². The first-order valence-electron chi connectivity index (χ1n) is 15.0. The van der Waals surface area contributed by atoms with Crippen LogP contribution in [0.4, 0.5) is 13.2 Å². The molecule has 4 aromatic carbocycles. The number of benzene rings is 4. The minimum atomic E-state index is -4.79. The number of isocyanates is 1. The molecule has 0 aliphatic carbocycles. The summed E-state index contributed by atoms with van der Waals surface area (Å²) in [5, 5.41) is 15.0. The van der Waals surface area contributed by atoms with Crippen LogP contribution >= 0.6 is 0 Å². The van der Waals surface area contributed by atoms with Crippen molar-refractivity contribution in [3.8, 4) is 5.75 Å². The van der Waals surface area contributed by atoms with Gasteiger partial charge in [0.05, 0.1) is 6.10 Å². The van der Waals surface area contributed by atoms with E-state index in [1.54, 1.807) is 18.2 Å². The predicted molar refractivity (Wildman–Crippen MR) is 167 cm³/mol. The highest BCUT2D eigenvalue weighted by molar-refractivity contribution is 5.98. The van der Waals surface area contributed by atoms with E-state index in [1.807, 2.05) is 72.8 Å². The maximum Gasteiger partial charge on any atom is 0.573 e. The number of likely N-dealkylation sites (tertiary alicyclic amines) is 1. The number of amides is 1. The molecule has 2 unspecified atom stereocenters. The molecule has 0 bridgehead atoms. The van der Waals surface area contributed by atoms with Crippen molar-refractivity contribution in [3.05, 3.63) is 137 Å². The fourth-order valence-electron chi connectivity index (χ4n) is 6.39. The van der Waals surface area contributed by atoms with Crippen molar-refractivity contribution in [2.24, 2.45) is 4.99 Å². The number of alkyl halides is 3. The van der Waals surface area contributed by atoms with E-state index >= 15 is 0 Å². The van der Waals surface area contributed by atoms with E-state index in [-0.39, 0.29) is 36.8 Å². The molecular formula is C36H34F3N3O4. The lowest BCUT2D eigenvalue weighted by atomic mass is 9.84. The Morgan fingerprint density at radius 3 is 2.35 bits per heavy atom. The second-order valence-corrected chi connectivity index (χ2v) is 11.2. The van der Waals surface area contributed by atoms with E-state index in [0.717, 1.165) is 16.7 Å². The number of nitrogens with one attached hydrogen (secondary N) is 1. The zero-order chi connectivity index (χ0) is 32.5. The fraction of sp³-hybridized carbons (Fsp3) is 0.278. The first-order chi connectivity index (χ1) is 22.2. The number of aliphatic hydroxyl groups excluding tert-OH is 1. The molecule has 7 nitrogen and oxygen atoms in total. The van der Waals surface area contributed by atoms with Gasteiger partial charge >= 0.3 is 6.36 Å². The predicted octanol–water partition coefficient (Wildman–Crippen LogP) is 6.35. The molecule has 1 aliphatic rings. The lowest BCUT2D eigenvalue weighted by Crippen LogP contribution is -2.49. The van der Waals surface area contributed by atoms with Crippen molar-refractivity contribution in [1.82, 2.24) is 10.2 Å². The van der Waals surface area contributed by atoms with Crippen LogP contribution in [-0.2, 0) is 17.8 Å². The minimum Gasteiger partial charge on any atom is -0.406 e. The topological polar surface area (TPSA) is 91.2 Å². The summed E-state index contributed by atoms with van der Waals surface area (Å²) in [7, 11) is 0. The van der Waals surface area contributed by atoms with Gasteiger partial charge in [-0.3, -0.25) is 9.69 Å². The number of aliphatic imine (C=N–C) groups is 1. The summed E-state index contributed by atoms with van der Waals surface area (Å²) >= 11 is 0. The quantitative estimate of drug-likeness (QED) is 0.140. The summed E-state index contributed by atoms with van der Waals surface area (Å²) < 4.78 is 42.2. The van der Waals surface area contributed by atoms with Crippen molar-refractivity contribution < 1.29 is 32.6 Å². The van der Waals surface area contributed by atoms with Crippen molar-refractivity contribution in [1.29, 1.82) is 0 Å². The Hall–Kier alpha value is -4.60. The van der Waals surface area contributed by atoms with Gasteiger partial charge in [-0.05, 0) is 59.8 Å². The molecule has 1 fully saturated rings. The van der Waals surface area contributed by atoms with Gasteiger partial charge in [0, 0.05) is 36.7 Å². The molecule has 4 aromatic rings. The molecule has 238 valence electrons. The Labute approximate surface area is 265 Å². The van der Waals surface area contributed by atoms with Crippen LogP contribution in [0.25, 0.3) is 0 Å². The van der Waals surface area contributed by atoms with Gasteiger partial charge in [-0.2, -0.15) is 0 Å². The van der Waals surface area contributed by atoms with Crippen LogP contribution in [0.5, 0.6) is 5.75 Å². The fourth-order valence-corrected chi connectivity index (χ4v) is 6.39. The van der Waals surface area contributed by atoms with Crippen LogP contribution in [0.2, 0.25) is 0 Å². The van der Waals surface area contributed by atoms with Gasteiger partial charge in [0.25, 0.3) is 5.91 Å². The minimum absolute atomic E-state index is 0.140. The van der Waals surface area contributed by atoms with E-state index < -0.39 is 18.4 Å². The Bertz CT molecular complexity index is 1650. The summed E-state index contributed by atoms with van der Waals surface area (Å²) in [6, 6.07) is 32.1. The second-order valence-electron chi connectivity index (χ2n) is 11.2. The van der Waals surface area contributed by atoms with Crippen LogP contribution < -0.4 is 10.1 Å².